The van der Waals surface area contributed by atoms with Crippen molar-refractivity contribution >= 4 is 0 Å². The van der Waals surface area contributed by atoms with Crippen molar-refractivity contribution in [2.75, 3.05) is 13.2 Å². The van der Waals surface area contributed by atoms with Crippen molar-refractivity contribution in [3.8, 4) is 0 Å². The molecule has 1 aliphatic heterocycles. The standard InChI is InChI=1S/C9H16O2/c1-7-5-10-8(11-6-7)9(2,3)4/h8H,1,5-6H2,2-4H3. The highest BCUT2D eigenvalue weighted by Gasteiger charge is 2.28. The third-order valence-electron chi connectivity index (χ3n) is 1.58. The van der Waals surface area contributed by atoms with Gasteiger partial charge in [-0.1, -0.05) is 27.4 Å². The Morgan fingerprint density at radius 1 is 1.27 bits per heavy atom. The average Bonchev–Trinajstić information content (AvgIpc) is 1.86. The lowest BCUT2D eigenvalue weighted by atomic mass is 9.95. The molecule has 0 aromatic rings. The predicted molar refractivity (Wildman–Crippen MR) is 44.3 cm³/mol. The summed E-state index contributed by atoms with van der Waals surface area (Å²) in [5, 5.41) is 0. The number of rotatable bonds is 0. The summed E-state index contributed by atoms with van der Waals surface area (Å²) < 4.78 is 10.9. The van der Waals surface area contributed by atoms with Crippen molar-refractivity contribution in [1.82, 2.24) is 0 Å². The van der Waals surface area contributed by atoms with Crippen LogP contribution in [0.25, 0.3) is 0 Å². The molecule has 1 saturated heterocycles. The van der Waals surface area contributed by atoms with E-state index in [1.165, 1.54) is 0 Å². The number of hydrogen-bond donors (Lipinski definition) is 0. The van der Waals surface area contributed by atoms with Gasteiger partial charge in [-0.3, -0.25) is 0 Å². The summed E-state index contributed by atoms with van der Waals surface area (Å²) in [6.07, 6.45) is -0.0759. The summed E-state index contributed by atoms with van der Waals surface area (Å²) in [7, 11) is 0. The molecule has 0 bridgehead atoms. The molecule has 0 atom stereocenters. The first-order chi connectivity index (χ1) is 5.00. The molecule has 0 unspecified atom stereocenters. The van der Waals surface area contributed by atoms with Gasteiger partial charge >= 0.3 is 0 Å². The van der Waals surface area contributed by atoms with Gasteiger partial charge in [0.05, 0.1) is 13.2 Å². The largest absolute Gasteiger partial charge is 0.348 e. The Morgan fingerprint density at radius 2 is 1.73 bits per heavy atom. The minimum Gasteiger partial charge on any atom is -0.348 e. The first-order valence-corrected chi connectivity index (χ1v) is 3.90. The SMILES string of the molecule is C=C1COC(C(C)(C)C)OC1. The molecule has 0 aromatic heterocycles. The molecule has 1 fully saturated rings. The molecule has 1 rings (SSSR count). The van der Waals surface area contributed by atoms with Crippen molar-refractivity contribution in [2.24, 2.45) is 5.41 Å². The van der Waals surface area contributed by atoms with Crippen LogP contribution < -0.4 is 0 Å². The van der Waals surface area contributed by atoms with Crippen molar-refractivity contribution < 1.29 is 9.47 Å². The lowest BCUT2D eigenvalue weighted by Gasteiger charge is -2.34. The maximum absolute atomic E-state index is 5.43. The molecular weight excluding hydrogens is 140 g/mol. The third-order valence-corrected chi connectivity index (χ3v) is 1.58. The monoisotopic (exact) mass is 156 g/mol. The fourth-order valence-electron chi connectivity index (χ4n) is 0.977. The van der Waals surface area contributed by atoms with Crippen molar-refractivity contribution in [3.63, 3.8) is 0 Å². The van der Waals surface area contributed by atoms with Crippen LogP contribution in [0.1, 0.15) is 20.8 Å². The number of hydrogen-bond acceptors (Lipinski definition) is 2. The van der Waals surface area contributed by atoms with Crippen molar-refractivity contribution in [2.45, 2.75) is 27.1 Å². The Hall–Kier alpha value is -0.340. The van der Waals surface area contributed by atoms with Gasteiger partial charge in [-0.15, -0.1) is 0 Å². The van der Waals surface area contributed by atoms with E-state index in [4.69, 9.17) is 9.47 Å². The summed E-state index contributed by atoms with van der Waals surface area (Å²) in [5.41, 5.74) is 1.09. The molecule has 0 amide bonds. The second-order valence-corrected chi connectivity index (χ2v) is 4.07. The van der Waals surface area contributed by atoms with Gasteiger partial charge in [-0.2, -0.15) is 0 Å². The number of ether oxygens (including phenoxy) is 2. The molecule has 1 aliphatic rings. The lowest BCUT2D eigenvalue weighted by molar-refractivity contribution is -0.206. The predicted octanol–water partition coefficient (Wildman–Crippen LogP) is 1.96. The molecule has 0 aromatic carbocycles. The molecule has 0 saturated carbocycles. The first-order valence-electron chi connectivity index (χ1n) is 3.90. The normalized spacial score (nSPS) is 22.3. The van der Waals surface area contributed by atoms with Gasteiger partial charge in [0.15, 0.2) is 6.29 Å². The van der Waals surface area contributed by atoms with Gasteiger partial charge in [0.1, 0.15) is 0 Å². The van der Waals surface area contributed by atoms with Crippen LogP contribution in [0.2, 0.25) is 0 Å². The third kappa shape index (κ3) is 2.31. The highest BCUT2D eigenvalue weighted by atomic mass is 16.7. The van der Waals surface area contributed by atoms with Gasteiger partial charge in [0.25, 0.3) is 0 Å². The van der Waals surface area contributed by atoms with Crippen LogP contribution in [-0.4, -0.2) is 19.5 Å². The van der Waals surface area contributed by atoms with Crippen molar-refractivity contribution in [3.05, 3.63) is 12.2 Å². The van der Waals surface area contributed by atoms with Gasteiger partial charge in [-0.05, 0) is 5.57 Å². The lowest BCUT2D eigenvalue weighted by Crippen LogP contribution is -2.36. The second kappa shape index (κ2) is 2.95. The Kier molecular flexibility index (Phi) is 2.35. The molecule has 0 radical (unpaired) electrons. The maximum Gasteiger partial charge on any atom is 0.163 e. The van der Waals surface area contributed by atoms with Gasteiger partial charge in [0, 0.05) is 5.41 Å². The Labute approximate surface area is 68.2 Å². The highest BCUT2D eigenvalue weighted by Crippen LogP contribution is 2.26. The van der Waals surface area contributed by atoms with E-state index in [9.17, 15) is 0 Å². The van der Waals surface area contributed by atoms with Gasteiger partial charge < -0.3 is 9.47 Å². The van der Waals surface area contributed by atoms with Crippen LogP contribution in [0.3, 0.4) is 0 Å². The molecular formula is C9H16O2. The zero-order chi connectivity index (χ0) is 8.48. The smallest absolute Gasteiger partial charge is 0.163 e. The Balaban J connectivity index is 2.45. The van der Waals surface area contributed by atoms with Crippen LogP contribution in [0, 0.1) is 5.41 Å². The molecule has 64 valence electrons. The van der Waals surface area contributed by atoms with Crippen LogP contribution >= 0.6 is 0 Å². The molecule has 11 heavy (non-hydrogen) atoms. The minimum atomic E-state index is -0.0759. The molecule has 2 heteroatoms. The zero-order valence-corrected chi connectivity index (χ0v) is 7.52. The quantitative estimate of drug-likeness (QED) is 0.499. The molecule has 0 aliphatic carbocycles. The summed E-state index contributed by atoms with van der Waals surface area (Å²) in [5.74, 6) is 0. The van der Waals surface area contributed by atoms with Crippen LogP contribution in [-0.2, 0) is 9.47 Å². The average molecular weight is 156 g/mol. The summed E-state index contributed by atoms with van der Waals surface area (Å²) in [6.45, 7) is 11.4. The highest BCUT2D eigenvalue weighted by molar-refractivity contribution is 4.97. The fourth-order valence-corrected chi connectivity index (χ4v) is 0.977. The van der Waals surface area contributed by atoms with E-state index in [1.54, 1.807) is 0 Å². The zero-order valence-electron chi connectivity index (χ0n) is 7.52. The minimum absolute atomic E-state index is 0.0701. The Morgan fingerprint density at radius 3 is 2.09 bits per heavy atom. The first kappa shape index (κ1) is 8.75. The van der Waals surface area contributed by atoms with Crippen LogP contribution in [0.4, 0.5) is 0 Å². The van der Waals surface area contributed by atoms with Crippen molar-refractivity contribution in [1.29, 1.82) is 0 Å². The van der Waals surface area contributed by atoms with Gasteiger partial charge in [-0.25, -0.2) is 0 Å². The molecule has 2 nitrogen and oxygen atoms in total. The topological polar surface area (TPSA) is 18.5 Å². The van der Waals surface area contributed by atoms with Gasteiger partial charge in [0.2, 0.25) is 0 Å². The molecule has 0 spiro atoms. The summed E-state index contributed by atoms with van der Waals surface area (Å²) in [6, 6.07) is 0. The van der Waals surface area contributed by atoms with E-state index >= 15 is 0 Å². The van der Waals surface area contributed by atoms with E-state index < -0.39 is 0 Å². The molecule has 0 N–H and O–H groups in total. The maximum atomic E-state index is 5.43. The summed E-state index contributed by atoms with van der Waals surface area (Å²) >= 11 is 0. The summed E-state index contributed by atoms with van der Waals surface area (Å²) in [4.78, 5) is 0. The Bertz CT molecular complexity index is 145. The fraction of sp³-hybridized carbons (Fsp3) is 0.778. The second-order valence-electron chi connectivity index (χ2n) is 4.07. The van der Waals surface area contributed by atoms with Crippen LogP contribution in [0.5, 0.6) is 0 Å². The van der Waals surface area contributed by atoms with E-state index in [2.05, 4.69) is 27.4 Å². The van der Waals surface area contributed by atoms with E-state index in [0.29, 0.717) is 13.2 Å². The van der Waals surface area contributed by atoms with E-state index in [1.807, 2.05) is 0 Å². The van der Waals surface area contributed by atoms with E-state index in [-0.39, 0.29) is 11.7 Å². The van der Waals surface area contributed by atoms with E-state index in [0.717, 1.165) is 5.57 Å². The molecule has 1 heterocycles. The van der Waals surface area contributed by atoms with Crippen LogP contribution in [0.15, 0.2) is 12.2 Å².